The van der Waals surface area contributed by atoms with Crippen LogP contribution in [0.1, 0.15) is 16.7 Å². The van der Waals surface area contributed by atoms with Crippen molar-refractivity contribution >= 4 is 29.9 Å². The molecule has 0 amide bonds. The Kier molecular flexibility index (Phi) is 8.14. The zero-order chi connectivity index (χ0) is 17.6. The van der Waals surface area contributed by atoms with Crippen LogP contribution in [0.4, 0.5) is 17.6 Å². The average molecular weight is 467 g/mol. The van der Waals surface area contributed by atoms with E-state index in [2.05, 4.69) is 15.6 Å². The maximum Gasteiger partial charge on any atom is 0.416 e. The average Bonchev–Trinajstić information content (AvgIpc) is 2.56. The standard InChI is InChI=1S/C17H17F4N3.HI/c1-22-16(24-11-13-6-2-3-8-15(13)18)23-10-12-5-4-7-14(9-12)17(19,20)21;/h2-9H,10-11H2,1H3,(H2,22,23,24);1H. The molecule has 0 saturated carbocycles. The number of aliphatic imine (C=N–C) groups is 1. The van der Waals surface area contributed by atoms with Crippen LogP contribution in [0.5, 0.6) is 0 Å². The van der Waals surface area contributed by atoms with Gasteiger partial charge >= 0.3 is 6.18 Å². The van der Waals surface area contributed by atoms with E-state index in [-0.39, 0.29) is 42.9 Å². The molecule has 0 heterocycles. The molecule has 25 heavy (non-hydrogen) atoms. The second-order valence-corrected chi connectivity index (χ2v) is 5.07. The summed E-state index contributed by atoms with van der Waals surface area (Å²) in [6, 6.07) is 11.4. The van der Waals surface area contributed by atoms with Crippen LogP contribution in [0.3, 0.4) is 0 Å². The minimum absolute atomic E-state index is 0. The molecule has 0 saturated heterocycles. The molecule has 0 aliphatic rings. The van der Waals surface area contributed by atoms with Crippen molar-refractivity contribution in [2.24, 2.45) is 4.99 Å². The smallest absolute Gasteiger partial charge is 0.352 e. The maximum atomic E-state index is 13.5. The highest BCUT2D eigenvalue weighted by molar-refractivity contribution is 14.0. The van der Waals surface area contributed by atoms with E-state index in [4.69, 9.17) is 0 Å². The molecule has 0 aliphatic carbocycles. The SMILES string of the molecule is CN=C(NCc1cccc(C(F)(F)F)c1)NCc1ccccc1F.I. The maximum absolute atomic E-state index is 13.5. The molecule has 0 radical (unpaired) electrons. The molecule has 2 rings (SSSR count). The van der Waals surface area contributed by atoms with Crippen LogP contribution in [-0.4, -0.2) is 13.0 Å². The molecule has 136 valence electrons. The minimum atomic E-state index is -4.37. The van der Waals surface area contributed by atoms with Gasteiger partial charge in [0.25, 0.3) is 0 Å². The number of nitrogens with one attached hydrogen (secondary N) is 2. The zero-order valence-electron chi connectivity index (χ0n) is 13.4. The number of rotatable bonds is 4. The number of nitrogens with zero attached hydrogens (tertiary/aromatic N) is 1. The van der Waals surface area contributed by atoms with Crippen molar-refractivity contribution in [3.8, 4) is 0 Å². The van der Waals surface area contributed by atoms with Gasteiger partial charge in [-0.05, 0) is 23.8 Å². The third-order valence-corrected chi connectivity index (χ3v) is 3.34. The topological polar surface area (TPSA) is 36.4 Å². The summed E-state index contributed by atoms with van der Waals surface area (Å²) in [6.07, 6.45) is -4.37. The number of hydrogen-bond donors (Lipinski definition) is 2. The fourth-order valence-electron chi connectivity index (χ4n) is 2.08. The highest BCUT2D eigenvalue weighted by Crippen LogP contribution is 2.29. The molecule has 8 heteroatoms. The summed E-state index contributed by atoms with van der Waals surface area (Å²) in [5.41, 5.74) is 0.245. The first-order chi connectivity index (χ1) is 11.4. The molecule has 2 aromatic rings. The lowest BCUT2D eigenvalue weighted by molar-refractivity contribution is -0.137. The van der Waals surface area contributed by atoms with Crippen LogP contribution in [0.15, 0.2) is 53.5 Å². The summed E-state index contributed by atoms with van der Waals surface area (Å²) in [7, 11) is 1.53. The highest BCUT2D eigenvalue weighted by Gasteiger charge is 2.30. The van der Waals surface area contributed by atoms with E-state index >= 15 is 0 Å². The molecular formula is C17H18F4IN3. The van der Waals surface area contributed by atoms with Crippen LogP contribution in [0, 0.1) is 5.82 Å². The Balaban J connectivity index is 0.00000312. The van der Waals surface area contributed by atoms with E-state index in [1.165, 1.54) is 19.2 Å². The molecule has 2 N–H and O–H groups in total. The lowest BCUT2D eigenvalue weighted by Crippen LogP contribution is -2.36. The van der Waals surface area contributed by atoms with E-state index in [1.54, 1.807) is 24.3 Å². The van der Waals surface area contributed by atoms with Crippen molar-refractivity contribution in [3.05, 3.63) is 71.0 Å². The molecule has 0 unspecified atom stereocenters. The van der Waals surface area contributed by atoms with Crippen LogP contribution >= 0.6 is 24.0 Å². The fraction of sp³-hybridized carbons (Fsp3) is 0.235. The van der Waals surface area contributed by atoms with Crippen LogP contribution < -0.4 is 10.6 Å². The van der Waals surface area contributed by atoms with E-state index in [9.17, 15) is 17.6 Å². The van der Waals surface area contributed by atoms with Gasteiger partial charge in [-0.15, -0.1) is 24.0 Å². The Morgan fingerprint density at radius 2 is 1.68 bits per heavy atom. The van der Waals surface area contributed by atoms with Gasteiger partial charge in [0.2, 0.25) is 0 Å². The van der Waals surface area contributed by atoms with E-state index in [0.29, 0.717) is 17.1 Å². The van der Waals surface area contributed by atoms with Gasteiger partial charge in [0.05, 0.1) is 5.56 Å². The van der Waals surface area contributed by atoms with Gasteiger partial charge in [-0.25, -0.2) is 4.39 Å². The Bertz CT molecular complexity index is 717. The number of halogens is 5. The number of hydrogen-bond acceptors (Lipinski definition) is 1. The first kappa shape index (κ1) is 21.2. The molecule has 0 bridgehead atoms. The molecule has 0 aromatic heterocycles. The van der Waals surface area contributed by atoms with Gasteiger partial charge in [-0.1, -0.05) is 30.3 Å². The number of benzene rings is 2. The second-order valence-electron chi connectivity index (χ2n) is 5.07. The summed E-state index contributed by atoms with van der Waals surface area (Å²) in [6.45, 7) is 0.385. The van der Waals surface area contributed by atoms with Gasteiger partial charge < -0.3 is 10.6 Å². The Morgan fingerprint density at radius 1 is 1.00 bits per heavy atom. The molecule has 0 atom stereocenters. The summed E-state index contributed by atoms with van der Waals surface area (Å²) in [5, 5.41) is 5.82. The zero-order valence-corrected chi connectivity index (χ0v) is 15.7. The number of alkyl halides is 3. The monoisotopic (exact) mass is 467 g/mol. The second kappa shape index (κ2) is 9.59. The summed E-state index contributed by atoms with van der Waals surface area (Å²) >= 11 is 0. The molecule has 2 aromatic carbocycles. The lowest BCUT2D eigenvalue weighted by Gasteiger charge is -2.13. The van der Waals surface area contributed by atoms with Crippen molar-refractivity contribution < 1.29 is 17.6 Å². The summed E-state index contributed by atoms with van der Waals surface area (Å²) in [4.78, 5) is 3.97. The van der Waals surface area contributed by atoms with Gasteiger partial charge in [0, 0.05) is 25.7 Å². The van der Waals surface area contributed by atoms with Gasteiger partial charge in [-0.3, -0.25) is 4.99 Å². The van der Waals surface area contributed by atoms with E-state index in [0.717, 1.165) is 12.1 Å². The van der Waals surface area contributed by atoms with Crippen molar-refractivity contribution in [2.75, 3.05) is 7.05 Å². The normalized spacial score (nSPS) is 11.6. The van der Waals surface area contributed by atoms with Crippen LogP contribution in [-0.2, 0) is 19.3 Å². The highest BCUT2D eigenvalue weighted by atomic mass is 127. The van der Waals surface area contributed by atoms with Crippen molar-refractivity contribution in [2.45, 2.75) is 19.3 Å². The predicted octanol–water partition coefficient (Wildman–Crippen LogP) is 4.33. The predicted molar refractivity (Wildman–Crippen MR) is 100 cm³/mol. The van der Waals surface area contributed by atoms with E-state index < -0.39 is 11.7 Å². The quantitative estimate of drug-likeness (QED) is 0.304. The fourth-order valence-corrected chi connectivity index (χ4v) is 2.08. The molecule has 0 fully saturated rings. The Hall–Kier alpha value is -1.84. The van der Waals surface area contributed by atoms with Gasteiger partial charge in [0.15, 0.2) is 5.96 Å². The van der Waals surface area contributed by atoms with Crippen molar-refractivity contribution in [3.63, 3.8) is 0 Å². The number of guanidine groups is 1. The third kappa shape index (κ3) is 6.52. The Labute approximate surface area is 160 Å². The molecule has 0 aliphatic heterocycles. The summed E-state index contributed by atoms with van der Waals surface area (Å²) < 4.78 is 51.6. The van der Waals surface area contributed by atoms with Crippen molar-refractivity contribution in [1.82, 2.24) is 10.6 Å². The minimum Gasteiger partial charge on any atom is -0.352 e. The van der Waals surface area contributed by atoms with Gasteiger partial charge in [-0.2, -0.15) is 13.2 Å². The summed E-state index contributed by atoms with van der Waals surface area (Å²) in [5.74, 6) is 0.0361. The van der Waals surface area contributed by atoms with Crippen molar-refractivity contribution in [1.29, 1.82) is 0 Å². The molecule has 3 nitrogen and oxygen atoms in total. The first-order valence-corrected chi connectivity index (χ1v) is 7.24. The first-order valence-electron chi connectivity index (χ1n) is 7.24. The van der Waals surface area contributed by atoms with E-state index in [1.807, 2.05) is 0 Å². The third-order valence-electron chi connectivity index (χ3n) is 3.34. The largest absolute Gasteiger partial charge is 0.416 e. The lowest BCUT2D eigenvalue weighted by atomic mass is 10.1. The molecule has 0 spiro atoms. The van der Waals surface area contributed by atoms with Gasteiger partial charge in [0.1, 0.15) is 5.82 Å². The molecular weight excluding hydrogens is 449 g/mol. The van der Waals surface area contributed by atoms with Crippen LogP contribution in [0.25, 0.3) is 0 Å². The Morgan fingerprint density at radius 3 is 2.32 bits per heavy atom. The van der Waals surface area contributed by atoms with Crippen LogP contribution in [0.2, 0.25) is 0 Å².